The van der Waals surface area contributed by atoms with Crippen molar-refractivity contribution in [2.75, 3.05) is 11.4 Å². The third-order valence-corrected chi connectivity index (χ3v) is 3.08. The third-order valence-electron chi connectivity index (χ3n) is 3.08. The monoisotopic (exact) mass is 241 g/mol. The standard InChI is InChI=1S/C14H11NO3/c16-13-6-5-11(9-18-13)14(17)15-8-7-10-3-1-2-4-12(10)15/h1-6,9H,7-8H2. The molecular weight excluding hydrogens is 230 g/mol. The van der Waals surface area contributed by atoms with Crippen molar-refractivity contribution in [2.24, 2.45) is 0 Å². The Labute approximate surface area is 103 Å². The molecule has 4 heteroatoms. The van der Waals surface area contributed by atoms with Crippen molar-refractivity contribution >= 4 is 11.6 Å². The second-order valence-corrected chi connectivity index (χ2v) is 4.18. The fourth-order valence-electron chi connectivity index (χ4n) is 2.18. The van der Waals surface area contributed by atoms with Gasteiger partial charge >= 0.3 is 5.63 Å². The van der Waals surface area contributed by atoms with Crippen LogP contribution in [0, 0.1) is 0 Å². The highest BCUT2D eigenvalue weighted by Gasteiger charge is 2.25. The van der Waals surface area contributed by atoms with E-state index < -0.39 is 5.63 Å². The molecule has 0 bridgehead atoms. The lowest BCUT2D eigenvalue weighted by molar-refractivity contribution is 0.0987. The molecule has 0 saturated carbocycles. The van der Waals surface area contributed by atoms with Crippen LogP contribution in [0.25, 0.3) is 0 Å². The Kier molecular flexibility index (Phi) is 2.48. The molecule has 2 aromatic rings. The molecule has 18 heavy (non-hydrogen) atoms. The first-order valence-corrected chi connectivity index (χ1v) is 5.74. The zero-order valence-corrected chi connectivity index (χ0v) is 9.63. The van der Waals surface area contributed by atoms with E-state index in [0.29, 0.717) is 12.1 Å². The molecule has 0 radical (unpaired) electrons. The summed E-state index contributed by atoms with van der Waals surface area (Å²) in [5.74, 6) is -0.135. The molecular formula is C14H11NO3. The van der Waals surface area contributed by atoms with Crippen molar-refractivity contribution < 1.29 is 9.21 Å². The summed E-state index contributed by atoms with van der Waals surface area (Å²) in [4.78, 5) is 24.9. The average Bonchev–Trinajstić information content (AvgIpc) is 2.82. The topological polar surface area (TPSA) is 50.5 Å². The number of carbonyl (C=O) groups excluding carboxylic acids is 1. The smallest absolute Gasteiger partial charge is 0.335 e. The maximum absolute atomic E-state index is 12.3. The molecule has 0 atom stereocenters. The van der Waals surface area contributed by atoms with E-state index in [0.717, 1.165) is 12.1 Å². The fourth-order valence-corrected chi connectivity index (χ4v) is 2.18. The van der Waals surface area contributed by atoms with Gasteiger partial charge in [0.05, 0.1) is 5.56 Å². The minimum atomic E-state index is -0.451. The average molecular weight is 241 g/mol. The van der Waals surface area contributed by atoms with Gasteiger partial charge in [-0.05, 0) is 24.1 Å². The number of benzene rings is 1. The van der Waals surface area contributed by atoms with Crippen LogP contribution in [0.1, 0.15) is 15.9 Å². The minimum Gasteiger partial charge on any atom is -0.430 e. The summed E-state index contributed by atoms with van der Waals surface area (Å²) in [6.45, 7) is 0.664. The summed E-state index contributed by atoms with van der Waals surface area (Å²) >= 11 is 0. The number of nitrogens with zero attached hydrogens (tertiary/aromatic N) is 1. The van der Waals surface area contributed by atoms with Crippen molar-refractivity contribution in [1.82, 2.24) is 0 Å². The Morgan fingerprint density at radius 3 is 2.78 bits per heavy atom. The van der Waals surface area contributed by atoms with Gasteiger partial charge < -0.3 is 9.32 Å². The van der Waals surface area contributed by atoms with E-state index >= 15 is 0 Å². The molecule has 4 nitrogen and oxygen atoms in total. The van der Waals surface area contributed by atoms with Crippen LogP contribution in [0.15, 0.2) is 51.9 Å². The van der Waals surface area contributed by atoms with E-state index in [9.17, 15) is 9.59 Å². The van der Waals surface area contributed by atoms with Gasteiger partial charge in [0.2, 0.25) is 0 Å². The molecule has 1 aromatic carbocycles. The van der Waals surface area contributed by atoms with Gasteiger partial charge in [-0.25, -0.2) is 4.79 Å². The van der Waals surface area contributed by atoms with Crippen molar-refractivity contribution in [3.63, 3.8) is 0 Å². The van der Waals surface area contributed by atoms with Gasteiger partial charge in [-0.3, -0.25) is 4.79 Å². The number of para-hydroxylation sites is 1. The third kappa shape index (κ3) is 1.72. The Bertz CT molecular complexity index is 640. The van der Waals surface area contributed by atoms with Crippen LogP contribution in [0.4, 0.5) is 5.69 Å². The second-order valence-electron chi connectivity index (χ2n) is 4.18. The molecule has 1 aliphatic heterocycles. The Balaban J connectivity index is 1.95. The van der Waals surface area contributed by atoms with Crippen LogP contribution < -0.4 is 10.5 Å². The Hall–Kier alpha value is -2.36. The van der Waals surface area contributed by atoms with Gasteiger partial charge in [0, 0.05) is 18.3 Å². The van der Waals surface area contributed by atoms with Gasteiger partial charge in [0.1, 0.15) is 6.26 Å². The first-order chi connectivity index (χ1) is 8.75. The van der Waals surface area contributed by atoms with Crippen LogP contribution in [-0.2, 0) is 6.42 Å². The van der Waals surface area contributed by atoms with Crippen molar-refractivity contribution in [2.45, 2.75) is 6.42 Å². The SMILES string of the molecule is O=C(c1ccc(=O)oc1)N1CCc2ccccc21. The number of rotatable bonds is 1. The number of amides is 1. The van der Waals surface area contributed by atoms with Crippen LogP contribution >= 0.6 is 0 Å². The molecule has 0 N–H and O–H groups in total. The van der Waals surface area contributed by atoms with E-state index in [1.807, 2.05) is 24.3 Å². The molecule has 1 amide bonds. The minimum absolute atomic E-state index is 0.135. The number of carbonyl (C=O) groups is 1. The molecule has 0 unspecified atom stereocenters. The summed E-state index contributed by atoms with van der Waals surface area (Å²) in [5, 5.41) is 0. The normalized spacial score (nSPS) is 13.4. The predicted octanol–water partition coefficient (Wildman–Crippen LogP) is 1.84. The van der Waals surface area contributed by atoms with E-state index in [4.69, 9.17) is 4.42 Å². The maximum Gasteiger partial charge on any atom is 0.335 e. The summed E-state index contributed by atoms with van der Waals surface area (Å²) in [6.07, 6.45) is 2.07. The Morgan fingerprint density at radius 2 is 2.00 bits per heavy atom. The van der Waals surface area contributed by atoms with E-state index in [1.165, 1.54) is 24.0 Å². The van der Waals surface area contributed by atoms with E-state index in [2.05, 4.69) is 0 Å². The number of fused-ring (bicyclic) bond motifs is 1. The van der Waals surface area contributed by atoms with E-state index in [-0.39, 0.29) is 5.91 Å². The summed E-state index contributed by atoms with van der Waals surface area (Å²) < 4.78 is 4.72. The van der Waals surface area contributed by atoms with Crippen LogP contribution in [0.5, 0.6) is 0 Å². The van der Waals surface area contributed by atoms with Crippen molar-refractivity contribution in [1.29, 1.82) is 0 Å². The molecule has 0 saturated heterocycles. The van der Waals surface area contributed by atoms with Crippen molar-refractivity contribution in [3.05, 3.63) is 64.2 Å². The van der Waals surface area contributed by atoms with Gasteiger partial charge in [-0.15, -0.1) is 0 Å². The largest absolute Gasteiger partial charge is 0.430 e. The fraction of sp³-hybridized carbons (Fsp3) is 0.143. The van der Waals surface area contributed by atoms with Gasteiger partial charge in [0.25, 0.3) is 5.91 Å². The van der Waals surface area contributed by atoms with Crippen LogP contribution in [0.2, 0.25) is 0 Å². The summed E-state index contributed by atoms with van der Waals surface area (Å²) in [7, 11) is 0. The zero-order chi connectivity index (χ0) is 12.5. The molecule has 0 spiro atoms. The highest BCUT2D eigenvalue weighted by atomic mass is 16.4. The summed E-state index contributed by atoms with van der Waals surface area (Å²) in [6, 6.07) is 10.6. The number of anilines is 1. The zero-order valence-electron chi connectivity index (χ0n) is 9.63. The second kappa shape index (κ2) is 4.14. The van der Waals surface area contributed by atoms with Crippen LogP contribution in [-0.4, -0.2) is 12.5 Å². The lowest BCUT2D eigenvalue weighted by Gasteiger charge is -2.16. The van der Waals surface area contributed by atoms with Crippen LogP contribution in [0.3, 0.4) is 0 Å². The van der Waals surface area contributed by atoms with E-state index in [1.54, 1.807) is 4.90 Å². The molecule has 3 rings (SSSR count). The summed E-state index contributed by atoms with van der Waals surface area (Å²) in [5.41, 5.74) is 2.05. The first kappa shape index (κ1) is 10.8. The molecule has 1 aromatic heterocycles. The van der Waals surface area contributed by atoms with Gasteiger partial charge in [-0.1, -0.05) is 18.2 Å². The maximum atomic E-state index is 12.3. The molecule has 90 valence electrons. The predicted molar refractivity (Wildman–Crippen MR) is 66.8 cm³/mol. The molecule has 0 aliphatic carbocycles. The first-order valence-electron chi connectivity index (χ1n) is 5.74. The number of hydrogen-bond acceptors (Lipinski definition) is 3. The lowest BCUT2D eigenvalue weighted by Crippen LogP contribution is -2.29. The quantitative estimate of drug-likeness (QED) is 0.765. The lowest BCUT2D eigenvalue weighted by atomic mass is 10.2. The molecule has 2 heterocycles. The molecule has 1 aliphatic rings. The number of hydrogen-bond donors (Lipinski definition) is 0. The van der Waals surface area contributed by atoms with Crippen molar-refractivity contribution in [3.8, 4) is 0 Å². The van der Waals surface area contributed by atoms with Gasteiger partial charge in [0.15, 0.2) is 0 Å². The highest BCUT2D eigenvalue weighted by Crippen LogP contribution is 2.28. The van der Waals surface area contributed by atoms with Gasteiger partial charge in [-0.2, -0.15) is 0 Å². The highest BCUT2D eigenvalue weighted by molar-refractivity contribution is 6.06. The Morgan fingerprint density at radius 1 is 1.17 bits per heavy atom. The molecule has 0 fully saturated rings.